The smallest absolute Gasteiger partial charge is 0.252 e. The fraction of sp³-hybridized carbons (Fsp3) is 0.478. The Morgan fingerprint density at radius 3 is 2.75 bits per heavy atom. The minimum atomic E-state index is -1.53. The summed E-state index contributed by atoms with van der Waals surface area (Å²) in [4.78, 5) is 40.6. The molecule has 0 radical (unpaired) electrons. The maximum absolute atomic E-state index is 14.5. The molecule has 2 heterocycles. The van der Waals surface area contributed by atoms with Gasteiger partial charge in [0, 0.05) is 32.6 Å². The summed E-state index contributed by atoms with van der Waals surface area (Å²) in [5, 5.41) is 21.6. The number of nitriles is 2. The highest BCUT2D eigenvalue weighted by Crippen LogP contribution is 2.44. The number of rotatable bonds is 5. The summed E-state index contributed by atoms with van der Waals surface area (Å²) >= 11 is 0. The quantitative estimate of drug-likeness (QED) is 0.695. The van der Waals surface area contributed by atoms with E-state index in [2.05, 4.69) is 16.4 Å². The number of aromatic amines is 1. The van der Waals surface area contributed by atoms with Crippen LogP contribution in [-0.4, -0.2) is 40.5 Å². The molecule has 1 aromatic heterocycles. The largest absolute Gasteiger partial charge is 0.346 e. The topological polar surface area (TPSA) is 130 Å². The number of aromatic nitrogens is 1. The number of carbonyl (C=O) groups is 1. The van der Waals surface area contributed by atoms with Gasteiger partial charge in [-0.3, -0.25) is 9.59 Å². The molecule has 164 valence electrons. The van der Waals surface area contributed by atoms with Crippen LogP contribution < -0.4 is 10.9 Å². The molecule has 4 rings (SSSR count). The molecule has 1 saturated heterocycles. The van der Waals surface area contributed by atoms with Crippen LogP contribution in [0.15, 0.2) is 23.0 Å². The molecule has 0 spiro atoms. The van der Waals surface area contributed by atoms with Crippen molar-refractivity contribution >= 4 is 16.8 Å². The number of hydrogen-bond donors (Lipinski definition) is 2. The predicted octanol–water partition coefficient (Wildman–Crippen LogP) is 2.35. The Kier molecular flexibility index (Phi) is 5.75. The van der Waals surface area contributed by atoms with E-state index in [9.17, 15) is 24.1 Å². The fourth-order valence-corrected chi connectivity index (χ4v) is 4.65. The van der Waals surface area contributed by atoms with Crippen molar-refractivity contribution in [3.63, 3.8) is 0 Å². The zero-order valence-corrected chi connectivity index (χ0v) is 17.6. The first-order valence-corrected chi connectivity index (χ1v) is 10.7. The maximum atomic E-state index is 14.5. The van der Waals surface area contributed by atoms with Gasteiger partial charge in [-0.1, -0.05) is 0 Å². The molecule has 2 N–H and O–H groups in total. The van der Waals surface area contributed by atoms with Gasteiger partial charge in [0.15, 0.2) is 6.17 Å². The molecular weight excluding hydrogens is 413 g/mol. The highest BCUT2D eigenvalue weighted by molar-refractivity contribution is 5.87. The van der Waals surface area contributed by atoms with Crippen molar-refractivity contribution in [3.8, 4) is 12.1 Å². The van der Waals surface area contributed by atoms with Gasteiger partial charge in [0.25, 0.3) is 11.6 Å². The number of nitroso groups, excluding NO2 is 1. The van der Waals surface area contributed by atoms with E-state index >= 15 is 0 Å². The summed E-state index contributed by atoms with van der Waals surface area (Å²) in [6.07, 6.45) is 0.0182. The van der Waals surface area contributed by atoms with E-state index in [0.717, 1.165) is 23.8 Å². The molecule has 2 aromatic rings. The highest BCUT2D eigenvalue weighted by Gasteiger charge is 2.47. The number of pyridine rings is 1. The molecule has 1 aromatic carbocycles. The highest BCUT2D eigenvalue weighted by atomic mass is 19.1. The Labute approximate surface area is 183 Å². The number of alkyl halides is 1. The van der Waals surface area contributed by atoms with Crippen molar-refractivity contribution in [3.05, 3.63) is 50.2 Å². The zero-order valence-electron chi connectivity index (χ0n) is 17.6. The first-order chi connectivity index (χ1) is 15.3. The van der Waals surface area contributed by atoms with Gasteiger partial charge >= 0.3 is 0 Å². The third-order valence-corrected chi connectivity index (χ3v) is 6.31. The van der Waals surface area contributed by atoms with Gasteiger partial charge < -0.3 is 10.3 Å². The second kappa shape index (κ2) is 8.51. The molecule has 0 bridgehead atoms. The average molecular weight is 436 g/mol. The number of nitrogens with one attached hydrogen (secondary N) is 2. The van der Waals surface area contributed by atoms with Crippen molar-refractivity contribution in [2.45, 2.75) is 56.8 Å². The van der Waals surface area contributed by atoms with Crippen LogP contribution in [0.5, 0.6) is 0 Å². The lowest BCUT2D eigenvalue weighted by molar-refractivity contribution is -0.610. The lowest BCUT2D eigenvalue weighted by Gasteiger charge is -2.26. The van der Waals surface area contributed by atoms with Crippen LogP contribution in [0, 0.1) is 33.5 Å². The fourth-order valence-electron chi connectivity index (χ4n) is 4.65. The summed E-state index contributed by atoms with van der Waals surface area (Å²) in [5.74, 6) is -0.997. The number of hydrogen-bond acceptors (Lipinski definition) is 5. The van der Waals surface area contributed by atoms with Crippen molar-refractivity contribution in [1.82, 2.24) is 10.3 Å². The van der Waals surface area contributed by atoms with E-state index < -0.39 is 30.1 Å². The molecule has 1 aliphatic heterocycles. The van der Waals surface area contributed by atoms with Crippen molar-refractivity contribution in [1.29, 1.82) is 10.5 Å². The van der Waals surface area contributed by atoms with E-state index in [0.29, 0.717) is 21.4 Å². The number of nitrogens with zero attached hydrogens (tertiary/aromatic N) is 3. The summed E-state index contributed by atoms with van der Waals surface area (Å²) in [7, 11) is 0. The SMILES string of the molecule is C[C@H](NC(=O)Cc1c(C2CC2)c2cc(C#N)ccc2[nH]c1=O)C1C(F)CC(C#N)C[N+]1=O. The van der Waals surface area contributed by atoms with Crippen LogP contribution in [0.1, 0.15) is 48.8 Å². The van der Waals surface area contributed by atoms with Gasteiger partial charge in [0.05, 0.1) is 30.2 Å². The van der Waals surface area contributed by atoms with Crippen molar-refractivity contribution in [2.75, 3.05) is 6.54 Å². The second-order valence-corrected chi connectivity index (χ2v) is 8.69. The Morgan fingerprint density at radius 1 is 1.38 bits per heavy atom. The summed E-state index contributed by atoms with van der Waals surface area (Å²) < 4.78 is 15.1. The molecular formula is C23H23FN5O3+. The Balaban J connectivity index is 1.58. The van der Waals surface area contributed by atoms with Crippen LogP contribution >= 0.6 is 0 Å². The predicted molar refractivity (Wildman–Crippen MR) is 113 cm³/mol. The van der Waals surface area contributed by atoms with Gasteiger partial charge in [-0.15, -0.1) is 0 Å². The summed E-state index contributed by atoms with van der Waals surface area (Å²) in [6, 6.07) is 7.19. The number of amides is 1. The molecule has 1 aliphatic carbocycles. The molecule has 32 heavy (non-hydrogen) atoms. The Morgan fingerprint density at radius 2 is 2.12 bits per heavy atom. The lowest BCUT2D eigenvalue weighted by Crippen LogP contribution is -2.55. The van der Waals surface area contributed by atoms with Crippen LogP contribution in [0.25, 0.3) is 10.9 Å². The Bertz CT molecular complexity index is 1240. The number of H-pyrrole nitrogens is 1. The molecule has 3 unspecified atom stereocenters. The van der Waals surface area contributed by atoms with Crippen LogP contribution in [0.4, 0.5) is 4.39 Å². The second-order valence-electron chi connectivity index (χ2n) is 8.69. The van der Waals surface area contributed by atoms with Crippen molar-refractivity contribution < 1.29 is 13.9 Å². The number of halogens is 1. The molecule has 8 nitrogen and oxygen atoms in total. The van der Waals surface area contributed by atoms with E-state index in [1.165, 1.54) is 0 Å². The van der Waals surface area contributed by atoms with Gasteiger partial charge in [-0.05, 0) is 49.4 Å². The number of carbonyl (C=O) groups excluding carboxylic acids is 1. The van der Waals surface area contributed by atoms with Gasteiger partial charge in [0.2, 0.25) is 12.5 Å². The molecule has 9 heteroatoms. The van der Waals surface area contributed by atoms with Gasteiger partial charge in [-0.2, -0.15) is 10.5 Å². The van der Waals surface area contributed by atoms with Crippen LogP contribution in [0.2, 0.25) is 0 Å². The summed E-state index contributed by atoms with van der Waals surface area (Å²) in [5.41, 5.74) is 1.84. The van der Waals surface area contributed by atoms with E-state index in [1.54, 1.807) is 25.1 Å². The first kappa shape index (κ1) is 21.6. The minimum Gasteiger partial charge on any atom is -0.346 e. The molecule has 2 fully saturated rings. The molecule has 1 amide bonds. The van der Waals surface area contributed by atoms with Gasteiger partial charge in [-0.25, -0.2) is 4.39 Å². The van der Waals surface area contributed by atoms with E-state index in [-0.39, 0.29) is 30.9 Å². The summed E-state index contributed by atoms with van der Waals surface area (Å²) in [6.45, 7) is 1.46. The average Bonchev–Trinajstić information content (AvgIpc) is 3.58. The monoisotopic (exact) mass is 436 g/mol. The molecule has 1 saturated carbocycles. The number of fused-ring (bicyclic) bond motifs is 1. The number of piperidine rings is 1. The van der Waals surface area contributed by atoms with E-state index in [1.807, 2.05) is 6.07 Å². The standard InChI is InChI=1S/C23H22FN5O3/c1-12(22-18(24)7-14(10-26)11-29(22)32)27-20(30)8-17-21(15-3-4-15)16-6-13(9-25)2-5-19(16)28-23(17)31/h2,5-6,12,14-15,18,22H,3-4,7-8,11H2,1H3,(H-,27,28,30,31)/p+1/t12-,14?,18?,22?/m0/s1. The van der Waals surface area contributed by atoms with Crippen LogP contribution in [-0.2, 0) is 11.2 Å². The molecule has 2 aliphatic rings. The zero-order chi connectivity index (χ0) is 23.0. The van der Waals surface area contributed by atoms with E-state index in [4.69, 9.17) is 5.26 Å². The Hall–Kier alpha value is -3.59. The number of benzene rings is 1. The normalized spacial score (nSPS) is 23.9. The van der Waals surface area contributed by atoms with Crippen LogP contribution in [0.3, 0.4) is 0 Å². The third kappa shape index (κ3) is 4.11. The maximum Gasteiger partial charge on any atom is 0.252 e. The van der Waals surface area contributed by atoms with Crippen molar-refractivity contribution in [2.24, 2.45) is 5.92 Å². The molecule has 4 atom stereocenters. The first-order valence-electron chi connectivity index (χ1n) is 10.7. The lowest BCUT2D eigenvalue weighted by atomic mass is 9.90. The third-order valence-electron chi connectivity index (χ3n) is 6.31. The minimum absolute atomic E-state index is 0.0441. The van der Waals surface area contributed by atoms with Gasteiger partial charge in [0.1, 0.15) is 5.92 Å².